The van der Waals surface area contributed by atoms with E-state index in [9.17, 15) is 8.42 Å². The maximum Gasteiger partial charge on any atom is 0.238 e. The molecule has 5 heteroatoms. The molecule has 0 aliphatic heterocycles. The Morgan fingerprint density at radius 3 is 2.33 bits per heavy atom. The van der Waals surface area contributed by atoms with Crippen molar-refractivity contribution in [1.29, 1.82) is 0 Å². The van der Waals surface area contributed by atoms with Crippen molar-refractivity contribution in [1.82, 2.24) is 0 Å². The lowest BCUT2D eigenvalue weighted by molar-refractivity contribution is 0.597. The standard InChI is InChI=1S/C16H20N2O2S/c1-11-6-4-7-14(12(11)2)10-18-15-8-5-9-16(13(15)3)21(17,19)20/h4-9,18H,10H2,1-3H3,(H2,17,19,20). The maximum atomic E-state index is 11.5. The molecule has 0 aliphatic carbocycles. The first-order valence-corrected chi connectivity index (χ1v) is 8.26. The minimum Gasteiger partial charge on any atom is -0.381 e. The fraction of sp³-hybridized carbons (Fsp3) is 0.250. The molecule has 0 aliphatic rings. The second-order valence-electron chi connectivity index (χ2n) is 5.19. The van der Waals surface area contributed by atoms with Crippen molar-refractivity contribution in [3.8, 4) is 0 Å². The van der Waals surface area contributed by atoms with Gasteiger partial charge in [0, 0.05) is 12.2 Å². The van der Waals surface area contributed by atoms with Crippen LogP contribution in [0.3, 0.4) is 0 Å². The third kappa shape index (κ3) is 3.43. The van der Waals surface area contributed by atoms with E-state index in [1.165, 1.54) is 22.8 Å². The minimum absolute atomic E-state index is 0.161. The van der Waals surface area contributed by atoms with Crippen molar-refractivity contribution >= 4 is 15.7 Å². The molecule has 0 saturated heterocycles. The van der Waals surface area contributed by atoms with Crippen LogP contribution in [-0.4, -0.2) is 8.42 Å². The highest BCUT2D eigenvalue weighted by atomic mass is 32.2. The third-order valence-corrected chi connectivity index (χ3v) is 4.83. The number of nitrogens with one attached hydrogen (secondary N) is 1. The summed E-state index contributed by atoms with van der Waals surface area (Å²) in [5.41, 5.74) is 5.10. The molecule has 0 aromatic heterocycles. The monoisotopic (exact) mass is 304 g/mol. The number of aryl methyl sites for hydroxylation is 1. The van der Waals surface area contributed by atoms with Gasteiger partial charge in [-0.15, -0.1) is 0 Å². The molecule has 0 atom stereocenters. The number of nitrogens with two attached hydrogens (primary N) is 1. The zero-order valence-corrected chi connectivity index (χ0v) is 13.3. The summed E-state index contributed by atoms with van der Waals surface area (Å²) in [6.45, 7) is 6.55. The van der Waals surface area contributed by atoms with Crippen LogP contribution in [0.15, 0.2) is 41.3 Å². The summed E-state index contributed by atoms with van der Waals surface area (Å²) in [4.78, 5) is 0.161. The van der Waals surface area contributed by atoms with Crippen LogP contribution in [-0.2, 0) is 16.6 Å². The van der Waals surface area contributed by atoms with Crippen molar-refractivity contribution in [3.05, 3.63) is 58.7 Å². The van der Waals surface area contributed by atoms with E-state index < -0.39 is 10.0 Å². The Labute approximate surface area is 126 Å². The zero-order valence-electron chi connectivity index (χ0n) is 12.5. The number of rotatable bonds is 4. The van der Waals surface area contributed by atoms with Gasteiger partial charge in [0.25, 0.3) is 0 Å². The molecular formula is C16H20N2O2S. The summed E-state index contributed by atoms with van der Waals surface area (Å²) < 4.78 is 23.1. The van der Waals surface area contributed by atoms with Crippen LogP contribution < -0.4 is 10.5 Å². The Bertz CT molecular complexity index is 768. The number of anilines is 1. The molecule has 3 N–H and O–H groups in total. The Morgan fingerprint density at radius 2 is 1.67 bits per heavy atom. The van der Waals surface area contributed by atoms with E-state index in [4.69, 9.17) is 5.14 Å². The van der Waals surface area contributed by atoms with E-state index >= 15 is 0 Å². The van der Waals surface area contributed by atoms with Gasteiger partial charge in [0.05, 0.1) is 4.90 Å². The van der Waals surface area contributed by atoms with Gasteiger partial charge < -0.3 is 5.32 Å². The molecule has 0 unspecified atom stereocenters. The van der Waals surface area contributed by atoms with Crippen LogP contribution in [0.25, 0.3) is 0 Å². The highest BCUT2D eigenvalue weighted by Crippen LogP contribution is 2.23. The predicted molar refractivity (Wildman–Crippen MR) is 85.8 cm³/mol. The van der Waals surface area contributed by atoms with Crippen molar-refractivity contribution in [2.75, 3.05) is 5.32 Å². The van der Waals surface area contributed by atoms with Gasteiger partial charge in [-0.2, -0.15) is 0 Å². The van der Waals surface area contributed by atoms with Gasteiger partial charge >= 0.3 is 0 Å². The van der Waals surface area contributed by atoms with E-state index in [0.717, 1.165) is 5.69 Å². The lowest BCUT2D eigenvalue weighted by Gasteiger charge is -2.14. The predicted octanol–water partition coefficient (Wildman–Crippen LogP) is 2.87. The molecule has 2 aromatic rings. The lowest BCUT2D eigenvalue weighted by Crippen LogP contribution is -2.14. The van der Waals surface area contributed by atoms with E-state index in [0.29, 0.717) is 12.1 Å². The second kappa shape index (κ2) is 5.87. The summed E-state index contributed by atoms with van der Waals surface area (Å²) in [6, 6.07) is 11.2. The van der Waals surface area contributed by atoms with Crippen LogP contribution in [0, 0.1) is 20.8 Å². The Kier molecular flexibility index (Phi) is 4.34. The summed E-state index contributed by atoms with van der Waals surface area (Å²) in [6.07, 6.45) is 0. The van der Waals surface area contributed by atoms with Crippen molar-refractivity contribution < 1.29 is 8.42 Å². The summed E-state index contributed by atoms with van der Waals surface area (Å²) in [5, 5.41) is 8.51. The fourth-order valence-corrected chi connectivity index (χ4v) is 3.11. The third-order valence-electron chi connectivity index (χ3n) is 3.78. The quantitative estimate of drug-likeness (QED) is 0.912. The van der Waals surface area contributed by atoms with E-state index in [-0.39, 0.29) is 4.90 Å². The van der Waals surface area contributed by atoms with Crippen LogP contribution in [0.4, 0.5) is 5.69 Å². The second-order valence-corrected chi connectivity index (χ2v) is 6.72. The Balaban J connectivity index is 2.27. The minimum atomic E-state index is -3.69. The fourth-order valence-electron chi connectivity index (χ4n) is 2.31. The molecule has 0 saturated carbocycles. The molecule has 21 heavy (non-hydrogen) atoms. The largest absolute Gasteiger partial charge is 0.381 e. The van der Waals surface area contributed by atoms with Gasteiger partial charge in [0.15, 0.2) is 0 Å². The van der Waals surface area contributed by atoms with Crippen molar-refractivity contribution in [3.63, 3.8) is 0 Å². The maximum absolute atomic E-state index is 11.5. The van der Waals surface area contributed by atoms with Crippen molar-refractivity contribution in [2.24, 2.45) is 5.14 Å². The lowest BCUT2D eigenvalue weighted by atomic mass is 10.0. The van der Waals surface area contributed by atoms with Crippen LogP contribution in [0.2, 0.25) is 0 Å². The first-order chi connectivity index (χ1) is 9.80. The Morgan fingerprint density at radius 1 is 1.00 bits per heavy atom. The molecule has 2 rings (SSSR count). The highest BCUT2D eigenvalue weighted by molar-refractivity contribution is 7.89. The smallest absolute Gasteiger partial charge is 0.238 e. The van der Waals surface area contributed by atoms with Crippen LogP contribution in [0.1, 0.15) is 22.3 Å². The first-order valence-electron chi connectivity index (χ1n) is 6.72. The number of primary sulfonamides is 1. The van der Waals surface area contributed by atoms with E-state index in [1.54, 1.807) is 13.0 Å². The van der Waals surface area contributed by atoms with Gasteiger partial charge in [-0.3, -0.25) is 0 Å². The number of hydrogen-bond acceptors (Lipinski definition) is 3. The first kappa shape index (κ1) is 15.5. The number of benzene rings is 2. The average Bonchev–Trinajstić information content (AvgIpc) is 2.40. The highest BCUT2D eigenvalue weighted by Gasteiger charge is 2.13. The van der Waals surface area contributed by atoms with E-state index in [1.807, 2.05) is 12.1 Å². The molecule has 0 amide bonds. The average molecular weight is 304 g/mol. The summed E-state index contributed by atoms with van der Waals surface area (Å²) in [5.74, 6) is 0. The van der Waals surface area contributed by atoms with Gasteiger partial charge in [0.1, 0.15) is 0 Å². The van der Waals surface area contributed by atoms with Crippen molar-refractivity contribution in [2.45, 2.75) is 32.2 Å². The zero-order chi connectivity index (χ0) is 15.6. The van der Waals surface area contributed by atoms with Gasteiger partial charge in [0.2, 0.25) is 10.0 Å². The number of hydrogen-bond donors (Lipinski definition) is 2. The topological polar surface area (TPSA) is 72.2 Å². The van der Waals surface area contributed by atoms with Gasteiger partial charge in [-0.1, -0.05) is 24.3 Å². The molecular weight excluding hydrogens is 284 g/mol. The molecule has 0 radical (unpaired) electrons. The number of sulfonamides is 1. The molecule has 112 valence electrons. The molecule has 2 aromatic carbocycles. The van der Waals surface area contributed by atoms with E-state index in [2.05, 4.69) is 31.3 Å². The van der Waals surface area contributed by atoms with Gasteiger partial charge in [-0.25, -0.2) is 13.6 Å². The van der Waals surface area contributed by atoms with Gasteiger partial charge in [-0.05, 0) is 55.2 Å². The molecule has 0 bridgehead atoms. The molecule has 0 fully saturated rings. The Hall–Kier alpha value is -1.85. The molecule has 0 heterocycles. The van der Waals surface area contributed by atoms with Crippen LogP contribution >= 0.6 is 0 Å². The molecule has 4 nitrogen and oxygen atoms in total. The van der Waals surface area contributed by atoms with Crippen LogP contribution in [0.5, 0.6) is 0 Å². The summed E-state index contributed by atoms with van der Waals surface area (Å²) >= 11 is 0. The molecule has 0 spiro atoms. The SMILES string of the molecule is Cc1cccc(CNc2cccc(S(N)(=O)=O)c2C)c1C. The summed E-state index contributed by atoms with van der Waals surface area (Å²) in [7, 11) is -3.69. The normalized spacial score (nSPS) is 11.4.